The minimum absolute atomic E-state index is 0.454. The van der Waals surface area contributed by atoms with Crippen LogP contribution in [0.15, 0.2) is 6.07 Å². The molecule has 0 radical (unpaired) electrons. The van der Waals surface area contributed by atoms with Crippen molar-refractivity contribution >= 4 is 5.69 Å². The minimum Gasteiger partial charge on any atom is -0.382 e. The summed E-state index contributed by atoms with van der Waals surface area (Å²) in [5.41, 5.74) is 3.28. The summed E-state index contributed by atoms with van der Waals surface area (Å²) < 4.78 is 0. The van der Waals surface area contributed by atoms with Crippen molar-refractivity contribution in [3.8, 4) is 6.07 Å². The number of pyridine rings is 1. The number of nitrogens with one attached hydrogen (secondary N) is 1. The van der Waals surface area contributed by atoms with E-state index in [4.69, 9.17) is 0 Å². The summed E-state index contributed by atoms with van der Waals surface area (Å²) in [5, 5.41) is 12.7. The number of hydrogen-bond acceptors (Lipinski definition) is 4. The van der Waals surface area contributed by atoms with E-state index >= 15 is 0 Å². The first-order valence-electron chi connectivity index (χ1n) is 7.13. The van der Waals surface area contributed by atoms with Gasteiger partial charge in [0.05, 0.1) is 16.9 Å². The summed E-state index contributed by atoms with van der Waals surface area (Å²) >= 11 is 0. The van der Waals surface area contributed by atoms with Crippen LogP contribution in [0.3, 0.4) is 0 Å². The zero-order valence-corrected chi connectivity index (χ0v) is 13.5. The maximum absolute atomic E-state index is 9.27. The van der Waals surface area contributed by atoms with Crippen LogP contribution in [0.2, 0.25) is 0 Å². The van der Waals surface area contributed by atoms with Crippen molar-refractivity contribution in [2.75, 3.05) is 26.0 Å². The maximum Gasteiger partial charge on any atom is 0.103 e. The molecule has 0 aliphatic rings. The van der Waals surface area contributed by atoms with Gasteiger partial charge in [0.25, 0.3) is 0 Å². The number of nitriles is 1. The third-order valence-corrected chi connectivity index (χ3v) is 3.44. The Morgan fingerprint density at radius 1 is 1.35 bits per heavy atom. The van der Waals surface area contributed by atoms with Crippen LogP contribution in [0, 0.1) is 31.1 Å². The van der Waals surface area contributed by atoms with Gasteiger partial charge in [0.2, 0.25) is 0 Å². The highest BCUT2D eigenvalue weighted by Crippen LogP contribution is 2.19. The first-order chi connectivity index (χ1) is 9.35. The van der Waals surface area contributed by atoms with Crippen LogP contribution in [-0.2, 0) is 0 Å². The molecule has 0 saturated carbocycles. The summed E-state index contributed by atoms with van der Waals surface area (Å²) in [7, 11) is 4.20. The largest absolute Gasteiger partial charge is 0.382 e. The predicted molar refractivity (Wildman–Crippen MR) is 83.8 cm³/mol. The molecule has 20 heavy (non-hydrogen) atoms. The first-order valence-corrected chi connectivity index (χ1v) is 7.13. The van der Waals surface area contributed by atoms with Crippen molar-refractivity contribution in [2.45, 2.75) is 40.2 Å². The molecule has 1 unspecified atom stereocenters. The Balaban J connectivity index is 2.85. The Bertz CT molecular complexity index is 486. The SMILES string of the molecule is Cc1cc(NCC(CC(C)C)N(C)C)c(C#N)c(C)n1. The van der Waals surface area contributed by atoms with Crippen LogP contribution in [0.5, 0.6) is 0 Å². The van der Waals surface area contributed by atoms with Crippen LogP contribution in [0.1, 0.15) is 37.2 Å². The van der Waals surface area contributed by atoms with Gasteiger partial charge >= 0.3 is 0 Å². The molecule has 1 heterocycles. The Kier molecular flexibility index (Phi) is 5.97. The number of hydrogen-bond donors (Lipinski definition) is 1. The highest BCUT2D eigenvalue weighted by atomic mass is 15.1. The summed E-state index contributed by atoms with van der Waals surface area (Å²) in [6, 6.07) is 4.65. The highest BCUT2D eigenvalue weighted by Gasteiger charge is 2.15. The van der Waals surface area contributed by atoms with Crippen molar-refractivity contribution in [1.82, 2.24) is 9.88 Å². The molecule has 1 rings (SSSR count). The van der Waals surface area contributed by atoms with Gasteiger partial charge in [-0.05, 0) is 46.3 Å². The average Bonchev–Trinajstić information content (AvgIpc) is 2.33. The van der Waals surface area contributed by atoms with Crippen LogP contribution >= 0.6 is 0 Å². The minimum atomic E-state index is 0.454. The van der Waals surface area contributed by atoms with Gasteiger partial charge < -0.3 is 10.2 Å². The van der Waals surface area contributed by atoms with Crippen molar-refractivity contribution in [3.05, 3.63) is 23.0 Å². The lowest BCUT2D eigenvalue weighted by Crippen LogP contribution is -2.35. The second-order valence-electron chi connectivity index (χ2n) is 6.01. The molecule has 4 nitrogen and oxygen atoms in total. The Morgan fingerprint density at radius 3 is 2.50 bits per heavy atom. The van der Waals surface area contributed by atoms with E-state index in [1.807, 2.05) is 19.9 Å². The van der Waals surface area contributed by atoms with Gasteiger partial charge in [-0.3, -0.25) is 4.98 Å². The summed E-state index contributed by atoms with van der Waals surface area (Å²) in [6.07, 6.45) is 1.13. The number of aromatic nitrogens is 1. The smallest absolute Gasteiger partial charge is 0.103 e. The van der Waals surface area contributed by atoms with Gasteiger partial charge in [0, 0.05) is 18.3 Å². The third-order valence-electron chi connectivity index (χ3n) is 3.44. The third kappa shape index (κ3) is 4.50. The fourth-order valence-corrected chi connectivity index (χ4v) is 2.36. The van der Waals surface area contributed by atoms with Gasteiger partial charge in [-0.15, -0.1) is 0 Å². The molecular weight excluding hydrogens is 248 g/mol. The zero-order chi connectivity index (χ0) is 15.3. The van der Waals surface area contributed by atoms with E-state index in [2.05, 4.69) is 49.2 Å². The van der Waals surface area contributed by atoms with E-state index < -0.39 is 0 Å². The number of nitrogens with zero attached hydrogens (tertiary/aromatic N) is 3. The molecule has 0 aliphatic heterocycles. The zero-order valence-electron chi connectivity index (χ0n) is 13.5. The van der Waals surface area contributed by atoms with Crippen LogP contribution in [0.25, 0.3) is 0 Å². The van der Waals surface area contributed by atoms with E-state index in [1.165, 1.54) is 0 Å². The molecule has 1 atom stereocenters. The van der Waals surface area contributed by atoms with Gasteiger partial charge in [-0.2, -0.15) is 5.26 Å². The fraction of sp³-hybridized carbons (Fsp3) is 0.625. The molecule has 0 amide bonds. The average molecular weight is 274 g/mol. The molecule has 0 aromatic carbocycles. The predicted octanol–water partition coefficient (Wildman–Crippen LogP) is 2.96. The molecule has 0 fully saturated rings. The van der Waals surface area contributed by atoms with Crippen LogP contribution in [-0.4, -0.2) is 36.6 Å². The Labute approximate surface area is 122 Å². The maximum atomic E-state index is 9.27. The van der Waals surface area contributed by atoms with Crippen molar-refractivity contribution < 1.29 is 0 Å². The molecule has 0 spiro atoms. The molecule has 0 bridgehead atoms. The van der Waals surface area contributed by atoms with Crippen molar-refractivity contribution in [1.29, 1.82) is 5.26 Å². The van der Waals surface area contributed by atoms with E-state index in [0.717, 1.165) is 30.0 Å². The lowest BCUT2D eigenvalue weighted by molar-refractivity contribution is 0.266. The lowest BCUT2D eigenvalue weighted by Gasteiger charge is -2.27. The molecule has 0 saturated heterocycles. The second kappa shape index (κ2) is 7.25. The van der Waals surface area contributed by atoms with Crippen LogP contribution in [0.4, 0.5) is 5.69 Å². The molecule has 0 aliphatic carbocycles. The summed E-state index contributed by atoms with van der Waals surface area (Å²) in [5.74, 6) is 0.653. The molecule has 110 valence electrons. The van der Waals surface area contributed by atoms with E-state index in [9.17, 15) is 5.26 Å². The first kappa shape index (κ1) is 16.5. The lowest BCUT2D eigenvalue weighted by atomic mass is 10.0. The number of aryl methyl sites for hydroxylation is 2. The van der Waals surface area contributed by atoms with Crippen LogP contribution < -0.4 is 5.32 Å². The monoisotopic (exact) mass is 274 g/mol. The fourth-order valence-electron chi connectivity index (χ4n) is 2.36. The second-order valence-corrected chi connectivity index (χ2v) is 6.01. The number of anilines is 1. The van der Waals surface area contributed by atoms with Gasteiger partial charge in [-0.1, -0.05) is 13.8 Å². The Hall–Kier alpha value is -1.60. The van der Waals surface area contributed by atoms with Crippen molar-refractivity contribution in [3.63, 3.8) is 0 Å². The molecule has 1 N–H and O–H groups in total. The number of rotatable bonds is 6. The Morgan fingerprint density at radius 2 is 2.00 bits per heavy atom. The van der Waals surface area contributed by atoms with E-state index in [1.54, 1.807) is 0 Å². The molecule has 4 heteroatoms. The van der Waals surface area contributed by atoms with Gasteiger partial charge in [-0.25, -0.2) is 0 Å². The quantitative estimate of drug-likeness (QED) is 0.866. The highest BCUT2D eigenvalue weighted by molar-refractivity contribution is 5.59. The summed E-state index contributed by atoms with van der Waals surface area (Å²) in [6.45, 7) is 9.14. The van der Waals surface area contributed by atoms with E-state index in [0.29, 0.717) is 17.5 Å². The van der Waals surface area contributed by atoms with Gasteiger partial charge in [0.1, 0.15) is 6.07 Å². The van der Waals surface area contributed by atoms with E-state index in [-0.39, 0.29) is 0 Å². The molecular formula is C16H26N4. The summed E-state index contributed by atoms with van der Waals surface area (Å²) in [4.78, 5) is 6.58. The number of likely N-dealkylation sites (N-methyl/N-ethyl adjacent to an activating group) is 1. The standard InChI is InChI=1S/C16H26N4/c1-11(2)7-14(20(5)6)10-18-16-8-12(3)19-13(4)15(16)9-17/h8,11,14H,7,10H2,1-6H3,(H,18,19). The molecule has 1 aromatic heterocycles. The molecule has 1 aromatic rings. The normalized spacial score (nSPS) is 12.6. The topological polar surface area (TPSA) is 52.0 Å². The van der Waals surface area contributed by atoms with Gasteiger partial charge in [0.15, 0.2) is 0 Å². The van der Waals surface area contributed by atoms with Crippen molar-refractivity contribution in [2.24, 2.45) is 5.92 Å².